The van der Waals surface area contributed by atoms with Crippen LogP contribution in [0.3, 0.4) is 0 Å². The van der Waals surface area contributed by atoms with Crippen LogP contribution in [0, 0.1) is 0 Å². The highest BCUT2D eigenvalue weighted by Crippen LogP contribution is 2.24. The Labute approximate surface area is 124 Å². The lowest BCUT2D eigenvalue weighted by atomic mass is 10.0. The number of benzene rings is 1. The molecule has 0 bridgehead atoms. The van der Waals surface area contributed by atoms with Crippen LogP contribution in [0.2, 0.25) is 0 Å². The first-order valence-corrected chi connectivity index (χ1v) is 7.48. The van der Waals surface area contributed by atoms with Gasteiger partial charge < -0.3 is 10.2 Å². The molecule has 0 radical (unpaired) electrons. The van der Waals surface area contributed by atoms with Crippen LogP contribution in [-0.2, 0) is 9.59 Å². The molecule has 5 nitrogen and oxygen atoms in total. The number of likely N-dealkylation sites (N-methyl/N-ethyl adjacent to an activating group) is 1. The molecule has 2 amide bonds. The molecule has 1 N–H and O–H groups in total. The first kappa shape index (κ1) is 14.1. The van der Waals surface area contributed by atoms with Crippen molar-refractivity contribution in [1.29, 1.82) is 0 Å². The van der Waals surface area contributed by atoms with Crippen molar-refractivity contribution in [1.82, 2.24) is 15.1 Å². The fourth-order valence-corrected chi connectivity index (χ4v) is 3.13. The summed E-state index contributed by atoms with van der Waals surface area (Å²) in [4.78, 5) is 28.0. The van der Waals surface area contributed by atoms with E-state index in [2.05, 4.69) is 29.4 Å². The summed E-state index contributed by atoms with van der Waals surface area (Å²) < 4.78 is 0. The number of nitrogens with zero attached hydrogens (tertiary/aromatic N) is 2. The summed E-state index contributed by atoms with van der Waals surface area (Å²) in [6, 6.07) is 10.2. The molecule has 2 unspecified atom stereocenters. The Morgan fingerprint density at radius 1 is 1.24 bits per heavy atom. The zero-order valence-corrected chi connectivity index (χ0v) is 12.3. The number of nitrogens with one attached hydrogen (secondary N) is 1. The largest absolute Gasteiger partial charge is 0.344 e. The third-order valence-corrected chi connectivity index (χ3v) is 4.44. The minimum atomic E-state index is -0.322. The van der Waals surface area contributed by atoms with Gasteiger partial charge in [-0.1, -0.05) is 30.3 Å². The van der Waals surface area contributed by atoms with E-state index in [4.69, 9.17) is 0 Å². The predicted molar refractivity (Wildman–Crippen MR) is 79.6 cm³/mol. The zero-order chi connectivity index (χ0) is 14.8. The van der Waals surface area contributed by atoms with Gasteiger partial charge in [0.2, 0.25) is 11.8 Å². The smallest absolute Gasteiger partial charge is 0.245 e. The third kappa shape index (κ3) is 2.93. The van der Waals surface area contributed by atoms with Crippen LogP contribution in [0.15, 0.2) is 30.3 Å². The molecule has 0 aromatic heterocycles. The molecule has 1 aromatic rings. The Hall–Kier alpha value is -1.88. The van der Waals surface area contributed by atoms with Crippen LogP contribution in [0.4, 0.5) is 0 Å². The summed E-state index contributed by atoms with van der Waals surface area (Å²) >= 11 is 0. The third-order valence-electron chi connectivity index (χ3n) is 4.44. The highest BCUT2D eigenvalue weighted by Gasteiger charge is 2.34. The van der Waals surface area contributed by atoms with Gasteiger partial charge in [-0.15, -0.1) is 0 Å². The van der Waals surface area contributed by atoms with Crippen LogP contribution < -0.4 is 5.32 Å². The first-order chi connectivity index (χ1) is 10.1. The van der Waals surface area contributed by atoms with Gasteiger partial charge in [-0.2, -0.15) is 0 Å². The van der Waals surface area contributed by atoms with E-state index in [9.17, 15) is 9.59 Å². The van der Waals surface area contributed by atoms with Crippen molar-refractivity contribution < 1.29 is 9.59 Å². The average molecular weight is 287 g/mol. The van der Waals surface area contributed by atoms with Crippen molar-refractivity contribution in [2.24, 2.45) is 0 Å². The highest BCUT2D eigenvalue weighted by molar-refractivity contribution is 5.90. The number of rotatable bonds is 2. The Kier molecular flexibility index (Phi) is 3.92. The molecule has 2 heterocycles. The SMILES string of the molecule is CN1CCN(C(=O)C2CCC(=O)N2)CC1c1ccccc1. The summed E-state index contributed by atoms with van der Waals surface area (Å²) in [5.41, 5.74) is 1.23. The molecule has 5 heteroatoms. The monoisotopic (exact) mass is 287 g/mol. The summed E-state index contributed by atoms with van der Waals surface area (Å²) in [5, 5.41) is 2.77. The summed E-state index contributed by atoms with van der Waals surface area (Å²) in [5.74, 6) is 0.0527. The molecular weight excluding hydrogens is 266 g/mol. The summed E-state index contributed by atoms with van der Waals surface area (Å²) in [6.45, 7) is 2.27. The molecular formula is C16H21N3O2. The highest BCUT2D eigenvalue weighted by atomic mass is 16.2. The van der Waals surface area contributed by atoms with Gasteiger partial charge in [-0.25, -0.2) is 0 Å². The molecule has 21 heavy (non-hydrogen) atoms. The second-order valence-corrected chi connectivity index (χ2v) is 5.85. The second kappa shape index (κ2) is 5.85. The molecule has 0 saturated carbocycles. The van der Waals surface area contributed by atoms with Crippen molar-refractivity contribution in [2.75, 3.05) is 26.7 Å². The molecule has 2 atom stereocenters. The van der Waals surface area contributed by atoms with Crippen LogP contribution in [0.5, 0.6) is 0 Å². The van der Waals surface area contributed by atoms with Crippen LogP contribution in [-0.4, -0.2) is 54.3 Å². The lowest BCUT2D eigenvalue weighted by molar-refractivity contribution is -0.137. The van der Waals surface area contributed by atoms with Crippen molar-refractivity contribution in [3.63, 3.8) is 0 Å². The van der Waals surface area contributed by atoms with Crippen molar-refractivity contribution in [3.8, 4) is 0 Å². The molecule has 0 spiro atoms. The van der Waals surface area contributed by atoms with E-state index in [0.29, 0.717) is 19.4 Å². The molecule has 2 fully saturated rings. The van der Waals surface area contributed by atoms with Crippen LogP contribution in [0.25, 0.3) is 0 Å². The van der Waals surface area contributed by atoms with E-state index >= 15 is 0 Å². The van der Waals surface area contributed by atoms with Gasteiger partial charge in [-0.3, -0.25) is 14.5 Å². The number of piperazine rings is 1. The van der Waals surface area contributed by atoms with Gasteiger partial charge >= 0.3 is 0 Å². The van der Waals surface area contributed by atoms with Gasteiger partial charge in [-0.05, 0) is 19.0 Å². The van der Waals surface area contributed by atoms with Crippen molar-refractivity contribution in [3.05, 3.63) is 35.9 Å². The maximum absolute atomic E-state index is 12.5. The van der Waals surface area contributed by atoms with Gasteiger partial charge in [0.05, 0.1) is 6.04 Å². The molecule has 2 saturated heterocycles. The summed E-state index contributed by atoms with van der Waals surface area (Å²) in [6.07, 6.45) is 1.09. The van der Waals surface area contributed by atoms with E-state index < -0.39 is 0 Å². The molecule has 2 aliphatic heterocycles. The maximum atomic E-state index is 12.5. The Balaban J connectivity index is 1.71. The Bertz CT molecular complexity index is 532. The quantitative estimate of drug-likeness (QED) is 0.874. The lowest BCUT2D eigenvalue weighted by Crippen LogP contribution is -2.53. The number of carbonyl (C=O) groups is 2. The molecule has 3 rings (SSSR count). The summed E-state index contributed by atoms with van der Waals surface area (Å²) in [7, 11) is 2.09. The van der Waals surface area contributed by atoms with E-state index in [1.807, 2.05) is 23.1 Å². The van der Waals surface area contributed by atoms with Crippen molar-refractivity contribution in [2.45, 2.75) is 24.9 Å². The number of hydrogen-bond donors (Lipinski definition) is 1. The minimum Gasteiger partial charge on any atom is -0.344 e. The zero-order valence-electron chi connectivity index (χ0n) is 12.3. The van der Waals surface area contributed by atoms with Crippen molar-refractivity contribution >= 4 is 11.8 Å². The molecule has 0 aliphatic carbocycles. The Morgan fingerprint density at radius 2 is 2.00 bits per heavy atom. The molecule has 112 valence electrons. The minimum absolute atomic E-state index is 0.0120. The van der Waals surface area contributed by atoms with Gasteiger partial charge in [0.1, 0.15) is 6.04 Å². The van der Waals surface area contributed by atoms with Gasteiger partial charge in [0.25, 0.3) is 0 Å². The van der Waals surface area contributed by atoms with Gasteiger partial charge in [0.15, 0.2) is 0 Å². The van der Waals surface area contributed by atoms with E-state index in [1.54, 1.807) is 0 Å². The molecule has 1 aromatic carbocycles. The Morgan fingerprint density at radius 3 is 2.67 bits per heavy atom. The predicted octanol–water partition coefficient (Wildman–Crippen LogP) is 0.780. The average Bonchev–Trinajstić information content (AvgIpc) is 2.94. The fourth-order valence-electron chi connectivity index (χ4n) is 3.13. The fraction of sp³-hybridized carbons (Fsp3) is 0.500. The number of carbonyl (C=O) groups excluding carboxylic acids is 2. The van der Waals surface area contributed by atoms with Crippen LogP contribution in [0.1, 0.15) is 24.4 Å². The van der Waals surface area contributed by atoms with E-state index in [0.717, 1.165) is 13.1 Å². The topological polar surface area (TPSA) is 52.7 Å². The number of hydrogen-bond acceptors (Lipinski definition) is 3. The number of amides is 2. The second-order valence-electron chi connectivity index (χ2n) is 5.85. The van der Waals surface area contributed by atoms with Crippen LogP contribution >= 0.6 is 0 Å². The normalized spacial score (nSPS) is 26.7. The van der Waals surface area contributed by atoms with E-state index in [-0.39, 0.29) is 23.9 Å². The first-order valence-electron chi connectivity index (χ1n) is 7.48. The lowest BCUT2D eigenvalue weighted by Gasteiger charge is -2.40. The maximum Gasteiger partial charge on any atom is 0.245 e. The van der Waals surface area contributed by atoms with E-state index in [1.165, 1.54) is 5.56 Å². The standard InChI is InChI=1S/C16H21N3O2/c1-18-9-10-19(16(21)13-7-8-15(20)17-13)11-14(18)12-5-3-2-4-6-12/h2-6,13-14H,7-11H2,1H3,(H,17,20). The molecule has 2 aliphatic rings. The van der Waals surface area contributed by atoms with Gasteiger partial charge in [0, 0.05) is 26.1 Å².